The average Bonchev–Trinajstić information content (AvgIpc) is 3.28. The molecule has 0 radical (unpaired) electrons. The minimum atomic E-state index is -4.01. The van der Waals surface area contributed by atoms with E-state index in [1.54, 1.807) is 18.4 Å². The molecule has 1 aliphatic rings. The lowest BCUT2D eigenvalue weighted by Gasteiger charge is -2.28. The monoisotopic (exact) mass is 566 g/mol. The van der Waals surface area contributed by atoms with E-state index in [0.717, 1.165) is 35.9 Å². The number of aryl methyl sites for hydroxylation is 1. The first-order chi connectivity index (χ1) is 19.3. The summed E-state index contributed by atoms with van der Waals surface area (Å²) < 4.78 is 35.1. The number of hydrogen-bond donors (Lipinski definition) is 1. The molecule has 13 nitrogen and oxygen atoms in total. The van der Waals surface area contributed by atoms with Crippen molar-refractivity contribution in [1.29, 1.82) is 0 Å². The lowest BCUT2D eigenvalue weighted by atomic mass is 10.2. The normalized spacial score (nSPS) is 14.6. The Bertz CT molecular complexity index is 1710. The third kappa shape index (κ3) is 4.96. The van der Waals surface area contributed by atoms with Crippen molar-refractivity contribution in [3.63, 3.8) is 0 Å². The molecule has 0 aliphatic carbocycles. The first kappa shape index (κ1) is 27.4. The van der Waals surface area contributed by atoms with Crippen molar-refractivity contribution < 1.29 is 18.1 Å². The molecule has 3 heterocycles. The number of nitrogens with one attached hydrogen (secondary N) is 1. The first-order valence-corrected chi connectivity index (χ1v) is 14.4. The Morgan fingerprint density at radius 3 is 2.60 bits per heavy atom. The third-order valence-corrected chi connectivity index (χ3v) is 8.94. The molecule has 1 fully saturated rings. The lowest BCUT2D eigenvalue weighted by Crippen LogP contribution is -2.37. The van der Waals surface area contributed by atoms with Gasteiger partial charge in [-0.25, -0.2) is 17.9 Å². The molecule has 210 valence electrons. The van der Waals surface area contributed by atoms with Gasteiger partial charge < -0.3 is 9.64 Å². The summed E-state index contributed by atoms with van der Waals surface area (Å²) in [6.07, 6.45) is 1.54. The minimum Gasteiger partial charge on any atom is -0.378 e. The van der Waals surface area contributed by atoms with Crippen LogP contribution in [0.4, 0.5) is 17.2 Å². The van der Waals surface area contributed by atoms with Gasteiger partial charge in [-0.3, -0.25) is 15.5 Å². The van der Waals surface area contributed by atoms with Gasteiger partial charge >= 0.3 is 0 Å². The van der Waals surface area contributed by atoms with Gasteiger partial charge in [0.2, 0.25) is 10.0 Å². The number of ether oxygens (including phenoxy) is 1. The number of rotatable bonds is 9. The van der Waals surface area contributed by atoms with Gasteiger partial charge in [0.05, 0.1) is 46.8 Å². The summed E-state index contributed by atoms with van der Waals surface area (Å²) in [5.74, 6) is 0.830. The number of non-ortho nitro benzene ring substituents is 1. The SMILES string of the molecule is CCN(CC)S(=O)(=O)c1cc([N+](=O)[O-])ccc1N/N=C\c1c(C)nn2c1nc(N1CCOCC1)c1ccccc12. The molecule has 0 amide bonds. The van der Waals surface area contributed by atoms with E-state index in [1.807, 2.05) is 31.2 Å². The zero-order chi connectivity index (χ0) is 28.4. The molecule has 0 bridgehead atoms. The van der Waals surface area contributed by atoms with Crippen LogP contribution in [0.25, 0.3) is 16.6 Å². The van der Waals surface area contributed by atoms with Crippen LogP contribution in [0.5, 0.6) is 0 Å². The standard InChI is InChI=1S/C26H30N8O5S/c1-4-32(5-2)40(37,38)24-16-19(34(35)36)10-11-22(24)29-27-17-21-18(3)30-33-23-9-7-6-8-20(23)25(28-26(21)33)31-12-14-39-15-13-31/h6-11,16-17,29H,4-5,12-15H2,1-3H3/b27-17-. The van der Waals surface area contributed by atoms with Crippen LogP contribution in [0.2, 0.25) is 0 Å². The van der Waals surface area contributed by atoms with E-state index in [-0.39, 0.29) is 29.4 Å². The Labute approximate surface area is 231 Å². The minimum absolute atomic E-state index is 0.121. The molecule has 40 heavy (non-hydrogen) atoms. The molecule has 14 heteroatoms. The summed E-state index contributed by atoms with van der Waals surface area (Å²) >= 11 is 0. The molecule has 2 aromatic heterocycles. The third-order valence-electron chi connectivity index (χ3n) is 6.85. The second kappa shape index (κ2) is 11.2. The molecule has 1 aliphatic heterocycles. The van der Waals surface area contributed by atoms with Crippen LogP contribution in [0.3, 0.4) is 0 Å². The van der Waals surface area contributed by atoms with Gasteiger partial charge in [-0.05, 0) is 25.1 Å². The van der Waals surface area contributed by atoms with Crippen molar-refractivity contribution in [3.8, 4) is 0 Å². The van der Waals surface area contributed by atoms with E-state index in [2.05, 4.69) is 15.4 Å². The Morgan fingerprint density at radius 2 is 1.90 bits per heavy atom. The fraction of sp³-hybridized carbons (Fsp3) is 0.346. The largest absolute Gasteiger partial charge is 0.378 e. The molecule has 0 saturated carbocycles. The van der Waals surface area contributed by atoms with E-state index in [1.165, 1.54) is 22.7 Å². The summed E-state index contributed by atoms with van der Waals surface area (Å²) in [4.78, 5) is 17.7. The average molecular weight is 567 g/mol. The maximum absolute atomic E-state index is 13.3. The highest BCUT2D eigenvalue weighted by Crippen LogP contribution is 2.30. The highest BCUT2D eigenvalue weighted by molar-refractivity contribution is 7.89. The van der Waals surface area contributed by atoms with Crippen LogP contribution in [0.15, 0.2) is 52.5 Å². The van der Waals surface area contributed by atoms with Gasteiger partial charge in [0, 0.05) is 43.7 Å². The highest BCUT2D eigenvalue weighted by Gasteiger charge is 2.27. The van der Waals surface area contributed by atoms with Gasteiger partial charge in [-0.15, -0.1) is 0 Å². The van der Waals surface area contributed by atoms with Crippen molar-refractivity contribution in [1.82, 2.24) is 18.9 Å². The molecule has 1 saturated heterocycles. The summed E-state index contributed by atoms with van der Waals surface area (Å²) in [7, 11) is -4.01. The van der Waals surface area contributed by atoms with E-state index >= 15 is 0 Å². The number of anilines is 2. The van der Waals surface area contributed by atoms with Crippen molar-refractivity contribution >= 4 is 50.0 Å². The van der Waals surface area contributed by atoms with Crippen LogP contribution in [0, 0.1) is 17.0 Å². The van der Waals surface area contributed by atoms with Gasteiger partial charge in [-0.2, -0.15) is 14.5 Å². The van der Waals surface area contributed by atoms with Gasteiger partial charge in [0.1, 0.15) is 10.7 Å². The molecule has 0 spiro atoms. The zero-order valence-corrected chi connectivity index (χ0v) is 23.3. The van der Waals surface area contributed by atoms with Crippen molar-refractivity contribution in [2.45, 2.75) is 25.7 Å². The number of benzene rings is 2. The number of hydrazone groups is 1. The Balaban J connectivity index is 1.56. The Morgan fingerprint density at radius 1 is 1.18 bits per heavy atom. The fourth-order valence-electron chi connectivity index (χ4n) is 4.78. The van der Waals surface area contributed by atoms with Gasteiger partial charge in [0.25, 0.3) is 5.69 Å². The number of morpholine rings is 1. The van der Waals surface area contributed by atoms with E-state index < -0.39 is 14.9 Å². The quantitative estimate of drug-likeness (QED) is 0.183. The summed E-state index contributed by atoms with van der Waals surface area (Å²) in [5, 5.41) is 21.4. The van der Waals surface area contributed by atoms with Crippen LogP contribution >= 0.6 is 0 Å². The predicted molar refractivity (Wildman–Crippen MR) is 153 cm³/mol. The number of nitrogens with zero attached hydrogens (tertiary/aromatic N) is 7. The van der Waals surface area contributed by atoms with Gasteiger partial charge in [0.15, 0.2) is 5.65 Å². The van der Waals surface area contributed by atoms with Crippen molar-refractivity contribution in [2.75, 3.05) is 49.7 Å². The van der Waals surface area contributed by atoms with Gasteiger partial charge in [-0.1, -0.05) is 26.0 Å². The smallest absolute Gasteiger partial charge is 0.270 e. The van der Waals surface area contributed by atoms with E-state index in [4.69, 9.17) is 14.8 Å². The number of sulfonamides is 1. The number of aromatic nitrogens is 3. The summed E-state index contributed by atoms with van der Waals surface area (Å²) in [6.45, 7) is 8.37. The molecular formula is C26H30N8O5S. The highest BCUT2D eigenvalue weighted by atomic mass is 32.2. The molecule has 0 unspecified atom stereocenters. The number of para-hydroxylation sites is 1. The topological polar surface area (TPSA) is 148 Å². The number of fused-ring (bicyclic) bond motifs is 3. The second-order valence-corrected chi connectivity index (χ2v) is 11.1. The zero-order valence-electron chi connectivity index (χ0n) is 22.4. The number of hydrogen-bond acceptors (Lipinski definition) is 10. The molecule has 4 aromatic rings. The van der Waals surface area contributed by atoms with E-state index in [9.17, 15) is 18.5 Å². The maximum atomic E-state index is 13.3. The fourth-order valence-corrected chi connectivity index (χ4v) is 6.40. The van der Waals surface area contributed by atoms with Crippen LogP contribution in [-0.2, 0) is 14.8 Å². The first-order valence-electron chi connectivity index (χ1n) is 12.9. The summed E-state index contributed by atoms with van der Waals surface area (Å²) in [5.41, 5.74) is 5.41. The molecular weight excluding hydrogens is 536 g/mol. The number of nitro groups is 1. The van der Waals surface area contributed by atoms with Crippen LogP contribution in [-0.4, -0.2) is 77.9 Å². The van der Waals surface area contributed by atoms with Crippen molar-refractivity contribution in [2.24, 2.45) is 5.10 Å². The lowest BCUT2D eigenvalue weighted by molar-refractivity contribution is -0.385. The Hall–Kier alpha value is -4.14. The maximum Gasteiger partial charge on any atom is 0.270 e. The van der Waals surface area contributed by atoms with E-state index in [0.29, 0.717) is 30.1 Å². The summed E-state index contributed by atoms with van der Waals surface area (Å²) in [6, 6.07) is 11.6. The molecule has 0 atom stereocenters. The molecule has 5 rings (SSSR count). The predicted octanol–water partition coefficient (Wildman–Crippen LogP) is 3.41. The number of nitro benzene ring substituents is 1. The van der Waals surface area contributed by atoms with Crippen LogP contribution < -0.4 is 10.3 Å². The second-order valence-electron chi connectivity index (χ2n) is 9.18. The molecule has 2 aromatic carbocycles. The van der Waals surface area contributed by atoms with Crippen molar-refractivity contribution in [3.05, 3.63) is 63.8 Å². The van der Waals surface area contributed by atoms with Crippen LogP contribution in [0.1, 0.15) is 25.1 Å². The molecule has 1 N–H and O–H groups in total. The Kier molecular flexibility index (Phi) is 7.65.